The molecule has 0 aromatic rings. The minimum absolute atomic E-state index is 0. The minimum atomic E-state index is -0.643. The van der Waals surface area contributed by atoms with Gasteiger partial charge in [-0.25, -0.2) is 0 Å². The summed E-state index contributed by atoms with van der Waals surface area (Å²) in [5, 5.41) is 25.8. The Labute approximate surface area is 231 Å². The monoisotopic (exact) mass is 585 g/mol. The molecule has 0 spiro atoms. The molecule has 0 heterocycles. The molecule has 0 saturated heterocycles. The first kappa shape index (κ1) is 38.3. The molecule has 31 heavy (non-hydrogen) atoms. The predicted octanol–water partition coefficient (Wildman–Crippen LogP) is 6.86. The van der Waals surface area contributed by atoms with E-state index in [0.717, 1.165) is 77.0 Å². The van der Waals surface area contributed by atoms with E-state index < -0.39 is 17.9 Å². The van der Waals surface area contributed by atoms with E-state index in [0.29, 0.717) is 0 Å². The van der Waals surface area contributed by atoms with Gasteiger partial charge in [-0.2, -0.15) is 0 Å². The Kier molecular flexibility index (Phi) is 34.6. The minimum Gasteiger partial charge on any atom is -0.481 e. The third-order valence-corrected chi connectivity index (χ3v) is 5.24. The van der Waals surface area contributed by atoms with E-state index in [4.69, 9.17) is 15.3 Å². The zero-order valence-electron chi connectivity index (χ0n) is 20.7. The second kappa shape index (κ2) is 28.0. The Morgan fingerprint density at radius 2 is 0.710 bits per heavy atom. The van der Waals surface area contributed by atoms with E-state index in [2.05, 4.69) is 20.8 Å². The maximum atomic E-state index is 10.4. The van der Waals surface area contributed by atoms with Crippen molar-refractivity contribution in [1.29, 1.82) is 0 Å². The van der Waals surface area contributed by atoms with Crippen molar-refractivity contribution in [3.8, 4) is 0 Å². The van der Waals surface area contributed by atoms with Gasteiger partial charge in [-0.05, 0) is 38.5 Å². The molecule has 0 aliphatic heterocycles. The van der Waals surface area contributed by atoms with Crippen molar-refractivity contribution in [2.24, 2.45) is 17.8 Å². The fourth-order valence-corrected chi connectivity index (χ4v) is 2.86. The predicted molar refractivity (Wildman–Crippen MR) is 123 cm³/mol. The van der Waals surface area contributed by atoms with Crippen LogP contribution in [0.4, 0.5) is 0 Å². The zero-order chi connectivity index (χ0) is 23.9. The summed E-state index contributed by atoms with van der Waals surface area (Å²) in [5.74, 6) is -2.26. The molecule has 7 heteroatoms. The van der Waals surface area contributed by atoms with Gasteiger partial charge in [-0.15, -0.1) is 0 Å². The van der Waals surface area contributed by atoms with Gasteiger partial charge in [-0.1, -0.05) is 80.1 Å². The SMILES string of the molecule is CCCCC(CC)C(=O)O.CCCCC(CC)C(=O)O.CCCCC(CC)C(=O)O.[Eu]. The molecule has 1 radical (unpaired) electrons. The number of hydrogen-bond acceptors (Lipinski definition) is 3. The average Bonchev–Trinajstić information content (AvgIpc) is 2.70. The first-order chi connectivity index (χ1) is 14.2. The molecule has 0 aromatic heterocycles. The van der Waals surface area contributed by atoms with Crippen LogP contribution in [0.25, 0.3) is 0 Å². The second-order valence-corrected chi connectivity index (χ2v) is 7.76. The first-order valence-corrected chi connectivity index (χ1v) is 11.8. The molecule has 3 atom stereocenters. The molecule has 187 valence electrons. The molecule has 6 nitrogen and oxygen atoms in total. The number of rotatable bonds is 15. The summed E-state index contributed by atoms with van der Waals surface area (Å²) >= 11 is 0. The van der Waals surface area contributed by atoms with Crippen LogP contribution in [-0.2, 0) is 14.4 Å². The van der Waals surface area contributed by atoms with Crippen LogP contribution in [0.3, 0.4) is 0 Å². The topological polar surface area (TPSA) is 112 Å². The van der Waals surface area contributed by atoms with E-state index in [9.17, 15) is 14.4 Å². The standard InChI is InChI=1S/3C8H16O2.Eu/c3*1-3-5-6-7(4-2)8(9)10;/h3*7H,3-6H2,1-2H3,(H,9,10);. The molecular weight excluding hydrogens is 536 g/mol. The van der Waals surface area contributed by atoms with Gasteiger partial charge in [0.05, 0.1) is 17.8 Å². The molecule has 0 aliphatic rings. The van der Waals surface area contributed by atoms with E-state index in [1.165, 1.54) is 0 Å². The molecular formula is C24H48EuO6. The fourth-order valence-electron chi connectivity index (χ4n) is 2.86. The van der Waals surface area contributed by atoms with Gasteiger partial charge in [-0.3, -0.25) is 14.4 Å². The van der Waals surface area contributed by atoms with Crippen LogP contribution < -0.4 is 0 Å². The summed E-state index contributed by atoms with van der Waals surface area (Å²) in [6.07, 6.45) is 11.1. The molecule has 0 saturated carbocycles. The molecule has 0 aliphatic carbocycles. The summed E-state index contributed by atoms with van der Waals surface area (Å²) in [6, 6.07) is 0. The molecule has 0 bridgehead atoms. The van der Waals surface area contributed by atoms with E-state index in [1.54, 1.807) is 0 Å². The Morgan fingerprint density at radius 1 is 0.516 bits per heavy atom. The molecule has 0 aromatic carbocycles. The van der Waals surface area contributed by atoms with Crippen molar-refractivity contribution in [2.45, 2.75) is 119 Å². The quantitative estimate of drug-likeness (QED) is 0.194. The van der Waals surface area contributed by atoms with Crippen molar-refractivity contribution >= 4 is 17.9 Å². The summed E-state index contributed by atoms with van der Waals surface area (Å²) in [5.41, 5.74) is 0. The van der Waals surface area contributed by atoms with Crippen LogP contribution in [0.15, 0.2) is 0 Å². The summed E-state index contributed by atoms with van der Waals surface area (Å²) < 4.78 is 0. The summed E-state index contributed by atoms with van der Waals surface area (Å²) in [7, 11) is 0. The van der Waals surface area contributed by atoms with Crippen LogP contribution >= 0.6 is 0 Å². The first-order valence-electron chi connectivity index (χ1n) is 11.8. The van der Waals surface area contributed by atoms with Gasteiger partial charge in [0.2, 0.25) is 0 Å². The van der Waals surface area contributed by atoms with Gasteiger partial charge in [0.15, 0.2) is 0 Å². The van der Waals surface area contributed by atoms with Crippen molar-refractivity contribution in [3.05, 3.63) is 0 Å². The van der Waals surface area contributed by atoms with Crippen molar-refractivity contribution in [2.75, 3.05) is 0 Å². The van der Waals surface area contributed by atoms with Gasteiger partial charge in [0, 0.05) is 49.4 Å². The summed E-state index contributed by atoms with van der Waals surface area (Å²) in [6.45, 7) is 12.0. The van der Waals surface area contributed by atoms with Gasteiger partial charge in [0.1, 0.15) is 0 Å². The van der Waals surface area contributed by atoms with Gasteiger partial charge >= 0.3 is 17.9 Å². The summed E-state index contributed by atoms with van der Waals surface area (Å²) in [4.78, 5) is 31.3. The largest absolute Gasteiger partial charge is 0.481 e. The number of carboxylic acids is 3. The van der Waals surface area contributed by atoms with Crippen molar-refractivity contribution in [1.82, 2.24) is 0 Å². The Balaban J connectivity index is -0.000000174. The second-order valence-electron chi connectivity index (χ2n) is 7.76. The Hall–Kier alpha value is -0.00558. The van der Waals surface area contributed by atoms with Crippen LogP contribution in [-0.4, -0.2) is 33.2 Å². The molecule has 0 fully saturated rings. The zero-order valence-corrected chi connectivity index (χ0v) is 23.1. The number of carboxylic acid groups (broad SMARTS) is 3. The number of aliphatic carboxylic acids is 3. The van der Waals surface area contributed by atoms with Crippen molar-refractivity contribution in [3.63, 3.8) is 0 Å². The smallest absolute Gasteiger partial charge is 0.306 e. The third-order valence-electron chi connectivity index (χ3n) is 5.24. The van der Waals surface area contributed by atoms with Gasteiger partial charge < -0.3 is 15.3 Å². The Morgan fingerprint density at radius 3 is 0.806 bits per heavy atom. The maximum absolute atomic E-state index is 10.4. The van der Waals surface area contributed by atoms with E-state index >= 15 is 0 Å². The van der Waals surface area contributed by atoms with E-state index in [1.807, 2.05) is 20.8 Å². The number of hydrogen-bond donors (Lipinski definition) is 3. The van der Waals surface area contributed by atoms with Crippen LogP contribution in [0.2, 0.25) is 0 Å². The maximum Gasteiger partial charge on any atom is 0.306 e. The molecule has 0 amide bonds. The van der Waals surface area contributed by atoms with Gasteiger partial charge in [0.25, 0.3) is 0 Å². The average molecular weight is 585 g/mol. The van der Waals surface area contributed by atoms with Crippen LogP contribution in [0, 0.1) is 67.1 Å². The Bertz CT molecular complexity index is 366. The van der Waals surface area contributed by atoms with Crippen molar-refractivity contribution < 1.29 is 79.1 Å². The normalized spacial score (nSPS) is 12.6. The van der Waals surface area contributed by atoms with Crippen LogP contribution in [0.1, 0.15) is 119 Å². The van der Waals surface area contributed by atoms with Crippen LogP contribution in [0.5, 0.6) is 0 Å². The number of unbranched alkanes of at least 4 members (excludes halogenated alkanes) is 3. The van der Waals surface area contributed by atoms with E-state index in [-0.39, 0.29) is 67.1 Å². The molecule has 0 rings (SSSR count). The fraction of sp³-hybridized carbons (Fsp3) is 0.875. The molecule has 3 N–H and O–H groups in total. The third kappa shape index (κ3) is 26.1. The molecule has 3 unspecified atom stereocenters. The number of carbonyl (C=O) groups is 3.